The van der Waals surface area contributed by atoms with Gasteiger partial charge in [0.05, 0.1) is 24.9 Å². The standard InChI is InChI=1S/C11H18N2O2/c1-3-9-7-15-11(12-9)13-5-6-14-8-10(13)4-2/h7,10H,3-6,8H2,1-2H3/t10-/m0/s1. The Bertz CT molecular complexity index is 311. The lowest BCUT2D eigenvalue weighted by molar-refractivity contribution is 0.0901. The summed E-state index contributed by atoms with van der Waals surface area (Å²) < 4.78 is 10.9. The summed E-state index contributed by atoms with van der Waals surface area (Å²) in [6, 6.07) is 1.16. The van der Waals surface area contributed by atoms with Gasteiger partial charge in [-0.05, 0) is 12.8 Å². The lowest BCUT2D eigenvalue weighted by Crippen LogP contribution is -2.45. The molecule has 1 aliphatic rings. The molecule has 0 bridgehead atoms. The fraction of sp³-hybridized carbons (Fsp3) is 0.727. The number of aryl methyl sites for hydroxylation is 1. The van der Waals surface area contributed by atoms with Crippen molar-refractivity contribution in [2.24, 2.45) is 0 Å². The van der Waals surface area contributed by atoms with E-state index >= 15 is 0 Å². The maximum absolute atomic E-state index is 5.49. The highest BCUT2D eigenvalue weighted by Gasteiger charge is 2.24. The molecule has 0 aromatic carbocycles. The van der Waals surface area contributed by atoms with E-state index in [1.54, 1.807) is 6.26 Å². The van der Waals surface area contributed by atoms with Gasteiger partial charge in [0.2, 0.25) is 0 Å². The van der Waals surface area contributed by atoms with Gasteiger partial charge in [-0.15, -0.1) is 0 Å². The Hall–Kier alpha value is -1.03. The molecule has 1 aromatic rings. The van der Waals surface area contributed by atoms with Crippen molar-refractivity contribution in [3.8, 4) is 0 Å². The van der Waals surface area contributed by atoms with Crippen LogP contribution in [0.2, 0.25) is 0 Å². The average Bonchev–Trinajstić information content (AvgIpc) is 2.77. The maximum atomic E-state index is 5.49. The van der Waals surface area contributed by atoms with Crippen LogP contribution in [0.15, 0.2) is 10.7 Å². The molecule has 0 amide bonds. The monoisotopic (exact) mass is 210 g/mol. The Balaban J connectivity index is 2.12. The van der Waals surface area contributed by atoms with Gasteiger partial charge in [0.15, 0.2) is 0 Å². The summed E-state index contributed by atoms with van der Waals surface area (Å²) in [5, 5.41) is 0. The predicted octanol–water partition coefficient (Wildman–Crippen LogP) is 1.85. The minimum absolute atomic E-state index is 0.405. The lowest BCUT2D eigenvalue weighted by atomic mass is 10.2. The fourth-order valence-electron chi connectivity index (χ4n) is 1.84. The Kier molecular flexibility index (Phi) is 3.26. The van der Waals surface area contributed by atoms with E-state index in [1.807, 2.05) is 0 Å². The van der Waals surface area contributed by atoms with Crippen LogP contribution in [0.4, 0.5) is 6.01 Å². The number of oxazole rings is 1. The Morgan fingerprint density at radius 1 is 1.53 bits per heavy atom. The SMILES string of the molecule is CCc1coc(N2CCOC[C@@H]2CC)n1. The topological polar surface area (TPSA) is 38.5 Å². The number of hydrogen-bond donors (Lipinski definition) is 0. The Morgan fingerprint density at radius 3 is 3.07 bits per heavy atom. The van der Waals surface area contributed by atoms with Crippen LogP contribution < -0.4 is 4.90 Å². The van der Waals surface area contributed by atoms with Crippen LogP contribution in [0.25, 0.3) is 0 Å². The summed E-state index contributed by atoms with van der Waals surface area (Å²) >= 11 is 0. The molecule has 1 saturated heterocycles. The van der Waals surface area contributed by atoms with Gasteiger partial charge >= 0.3 is 0 Å². The van der Waals surface area contributed by atoms with E-state index in [1.165, 1.54) is 0 Å². The molecule has 2 heterocycles. The van der Waals surface area contributed by atoms with E-state index in [4.69, 9.17) is 9.15 Å². The highest BCUT2D eigenvalue weighted by molar-refractivity contribution is 5.29. The van der Waals surface area contributed by atoms with Crippen molar-refractivity contribution in [3.05, 3.63) is 12.0 Å². The van der Waals surface area contributed by atoms with Crippen molar-refractivity contribution in [1.82, 2.24) is 4.98 Å². The van der Waals surface area contributed by atoms with Crippen molar-refractivity contribution in [2.45, 2.75) is 32.7 Å². The van der Waals surface area contributed by atoms with Gasteiger partial charge in [0.25, 0.3) is 6.01 Å². The first-order chi connectivity index (χ1) is 7.35. The summed E-state index contributed by atoms with van der Waals surface area (Å²) in [7, 11) is 0. The zero-order valence-corrected chi connectivity index (χ0v) is 9.40. The van der Waals surface area contributed by atoms with Crippen molar-refractivity contribution in [3.63, 3.8) is 0 Å². The van der Waals surface area contributed by atoms with Gasteiger partial charge in [-0.3, -0.25) is 0 Å². The van der Waals surface area contributed by atoms with Gasteiger partial charge in [-0.2, -0.15) is 4.98 Å². The van der Waals surface area contributed by atoms with Gasteiger partial charge in [-0.25, -0.2) is 0 Å². The van der Waals surface area contributed by atoms with Crippen LogP contribution in [-0.2, 0) is 11.2 Å². The summed E-state index contributed by atoms with van der Waals surface area (Å²) in [5.74, 6) is 0. The van der Waals surface area contributed by atoms with Gasteiger partial charge in [0, 0.05) is 6.54 Å². The van der Waals surface area contributed by atoms with Crippen LogP contribution in [0, 0.1) is 0 Å². The lowest BCUT2D eigenvalue weighted by Gasteiger charge is -2.33. The molecule has 2 rings (SSSR count). The van der Waals surface area contributed by atoms with Crippen LogP contribution in [0.1, 0.15) is 26.0 Å². The molecule has 0 spiro atoms. The number of aromatic nitrogens is 1. The van der Waals surface area contributed by atoms with E-state index in [-0.39, 0.29) is 0 Å². The minimum Gasteiger partial charge on any atom is -0.432 e. The molecule has 1 fully saturated rings. The fourth-order valence-corrected chi connectivity index (χ4v) is 1.84. The van der Waals surface area contributed by atoms with E-state index in [9.17, 15) is 0 Å². The second kappa shape index (κ2) is 4.66. The Labute approximate surface area is 90.2 Å². The molecule has 15 heavy (non-hydrogen) atoms. The predicted molar refractivity (Wildman–Crippen MR) is 58.1 cm³/mol. The first-order valence-electron chi connectivity index (χ1n) is 5.64. The third-order valence-corrected chi connectivity index (χ3v) is 2.85. The molecule has 1 aliphatic heterocycles. The zero-order valence-electron chi connectivity index (χ0n) is 9.40. The van der Waals surface area contributed by atoms with E-state index in [2.05, 4.69) is 23.7 Å². The molecule has 4 heteroatoms. The Morgan fingerprint density at radius 2 is 2.40 bits per heavy atom. The molecule has 1 atom stereocenters. The van der Waals surface area contributed by atoms with Crippen LogP contribution in [0.5, 0.6) is 0 Å². The summed E-state index contributed by atoms with van der Waals surface area (Å²) in [6.07, 6.45) is 3.73. The number of nitrogens with zero attached hydrogens (tertiary/aromatic N) is 2. The smallest absolute Gasteiger partial charge is 0.297 e. The normalized spacial score (nSPS) is 22.0. The molecule has 0 aliphatic carbocycles. The van der Waals surface area contributed by atoms with E-state index in [0.29, 0.717) is 6.04 Å². The number of morpholine rings is 1. The molecular weight excluding hydrogens is 192 g/mol. The van der Waals surface area contributed by atoms with Gasteiger partial charge in [-0.1, -0.05) is 13.8 Å². The molecule has 84 valence electrons. The number of rotatable bonds is 3. The molecule has 1 aromatic heterocycles. The van der Waals surface area contributed by atoms with Crippen LogP contribution in [-0.4, -0.2) is 30.8 Å². The van der Waals surface area contributed by atoms with Crippen LogP contribution in [0.3, 0.4) is 0 Å². The first kappa shape index (κ1) is 10.5. The number of anilines is 1. The molecule has 0 unspecified atom stereocenters. The highest BCUT2D eigenvalue weighted by Crippen LogP contribution is 2.20. The second-order valence-corrected chi connectivity index (χ2v) is 3.81. The van der Waals surface area contributed by atoms with Crippen molar-refractivity contribution in [2.75, 3.05) is 24.7 Å². The summed E-state index contributed by atoms with van der Waals surface area (Å²) in [5.41, 5.74) is 1.02. The number of hydrogen-bond acceptors (Lipinski definition) is 4. The molecule has 0 saturated carbocycles. The first-order valence-corrected chi connectivity index (χ1v) is 5.64. The quantitative estimate of drug-likeness (QED) is 0.763. The largest absolute Gasteiger partial charge is 0.432 e. The van der Waals surface area contributed by atoms with Crippen molar-refractivity contribution in [1.29, 1.82) is 0 Å². The summed E-state index contributed by atoms with van der Waals surface area (Å²) in [4.78, 5) is 6.67. The van der Waals surface area contributed by atoms with Gasteiger partial charge < -0.3 is 14.1 Å². The highest BCUT2D eigenvalue weighted by atomic mass is 16.5. The maximum Gasteiger partial charge on any atom is 0.297 e. The zero-order chi connectivity index (χ0) is 10.7. The average molecular weight is 210 g/mol. The third kappa shape index (κ3) is 2.15. The third-order valence-electron chi connectivity index (χ3n) is 2.85. The van der Waals surface area contributed by atoms with Crippen molar-refractivity contribution >= 4 is 6.01 Å². The molecular formula is C11H18N2O2. The second-order valence-electron chi connectivity index (χ2n) is 3.81. The minimum atomic E-state index is 0.405. The number of ether oxygens (including phenoxy) is 1. The molecule has 0 N–H and O–H groups in total. The van der Waals surface area contributed by atoms with Gasteiger partial charge in [0.1, 0.15) is 6.26 Å². The van der Waals surface area contributed by atoms with Crippen molar-refractivity contribution < 1.29 is 9.15 Å². The molecule has 4 nitrogen and oxygen atoms in total. The molecule has 0 radical (unpaired) electrons. The van der Waals surface area contributed by atoms with Crippen LogP contribution >= 0.6 is 0 Å². The summed E-state index contributed by atoms with van der Waals surface area (Å²) in [6.45, 7) is 6.66. The van der Waals surface area contributed by atoms with E-state index in [0.717, 1.165) is 44.3 Å². The van der Waals surface area contributed by atoms with E-state index < -0.39 is 0 Å².